The van der Waals surface area contributed by atoms with E-state index in [1.807, 2.05) is 0 Å². The molecule has 2 rings (SSSR count). The van der Waals surface area contributed by atoms with Crippen LogP contribution in [0.3, 0.4) is 0 Å². The lowest BCUT2D eigenvalue weighted by atomic mass is 10.2. The Morgan fingerprint density at radius 3 is 2.54 bits per heavy atom. The van der Waals surface area contributed by atoms with E-state index in [1.165, 1.54) is 30.3 Å². The fraction of sp³-hybridized carbons (Fsp3) is 0.222. The lowest BCUT2D eigenvalue weighted by Crippen LogP contribution is -2.30. The standard InChI is InChI=1S/C18H18FNO4/c1-3-23-18(22)13-5-4-6-15(11-13)20-17(21)12(2)24-16-9-7-14(19)8-10-16/h4-12H,3H2,1-2H3,(H,20,21). The maximum atomic E-state index is 12.9. The summed E-state index contributed by atoms with van der Waals surface area (Å²) in [4.78, 5) is 23.9. The predicted octanol–water partition coefficient (Wildman–Crippen LogP) is 3.41. The first-order chi connectivity index (χ1) is 11.5. The topological polar surface area (TPSA) is 64.6 Å². The Balaban J connectivity index is 1.99. The summed E-state index contributed by atoms with van der Waals surface area (Å²) in [7, 11) is 0. The van der Waals surface area contributed by atoms with Crippen LogP contribution in [-0.4, -0.2) is 24.6 Å². The molecule has 126 valence electrons. The number of hydrogen-bond donors (Lipinski definition) is 1. The van der Waals surface area contributed by atoms with E-state index in [4.69, 9.17) is 9.47 Å². The Bertz CT molecular complexity index is 715. The SMILES string of the molecule is CCOC(=O)c1cccc(NC(=O)C(C)Oc2ccc(F)cc2)c1. The van der Waals surface area contributed by atoms with Crippen molar-refractivity contribution in [1.29, 1.82) is 0 Å². The largest absolute Gasteiger partial charge is 0.481 e. The molecule has 0 saturated heterocycles. The Hall–Kier alpha value is -2.89. The Morgan fingerprint density at radius 2 is 1.88 bits per heavy atom. The molecule has 0 aromatic heterocycles. The average molecular weight is 331 g/mol. The van der Waals surface area contributed by atoms with Crippen molar-refractivity contribution in [3.05, 3.63) is 59.9 Å². The first-order valence-electron chi connectivity index (χ1n) is 7.50. The van der Waals surface area contributed by atoms with Crippen LogP contribution >= 0.6 is 0 Å². The van der Waals surface area contributed by atoms with Gasteiger partial charge in [-0.05, 0) is 56.3 Å². The maximum absolute atomic E-state index is 12.9. The van der Waals surface area contributed by atoms with Gasteiger partial charge in [-0.3, -0.25) is 4.79 Å². The van der Waals surface area contributed by atoms with Crippen LogP contribution in [0, 0.1) is 5.82 Å². The molecule has 0 aliphatic rings. The highest BCUT2D eigenvalue weighted by atomic mass is 19.1. The van der Waals surface area contributed by atoms with Crippen molar-refractivity contribution in [3.8, 4) is 5.75 Å². The minimum Gasteiger partial charge on any atom is -0.481 e. The zero-order valence-corrected chi connectivity index (χ0v) is 13.4. The van der Waals surface area contributed by atoms with E-state index in [-0.39, 0.29) is 18.3 Å². The van der Waals surface area contributed by atoms with E-state index < -0.39 is 12.1 Å². The molecule has 1 N–H and O–H groups in total. The molecular weight excluding hydrogens is 313 g/mol. The molecule has 6 heteroatoms. The van der Waals surface area contributed by atoms with Crippen LogP contribution in [0.4, 0.5) is 10.1 Å². The molecule has 0 bridgehead atoms. The lowest BCUT2D eigenvalue weighted by Gasteiger charge is -2.15. The number of anilines is 1. The van der Waals surface area contributed by atoms with E-state index >= 15 is 0 Å². The second kappa shape index (κ2) is 8.10. The molecular formula is C18H18FNO4. The van der Waals surface area contributed by atoms with Gasteiger partial charge in [0.25, 0.3) is 5.91 Å². The van der Waals surface area contributed by atoms with Gasteiger partial charge in [0, 0.05) is 5.69 Å². The van der Waals surface area contributed by atoms with E-state index in [0.29, 0.717) is 17.0 Å². The van der Waals surface area contributed by atoms with Crippen molar-refractivity contribution in [1.82, 2.24) is 0 Å². The van der Waals surface area contributed by atoms with Crippen LogP contribution in [0.25, 0.3) is 0 Å². The van der Waals surface area contributed by atoms with Crippen LogP contribution in [0.15, 0.2) is 48.5 Å². The number of ether oxygens (including phenoxy) is 2. The van der Waals surface area contributed by atoms with Crippen molar-refractivity contribution >= 4 is 17.6 Å². The van der Waals surface area contributed by atoms with Crippen LogP contribution in [-0.2, 0) is 9.53 Å². The molecule has 0 heterocycles. The summed E-state index contributed by atoms with van der Waals surface area (Å²) in [6.45, 7) is 3.57. The average Bonchev–Trinajstić information content (AvgIpc) is 2.57. The summed E-state index contributed by atoms with van der Waals surface area (Å²) in [5.41, 5.74) is 0.807. The van der Waals surface area contributed by atoms with E-state index in [1.54, 1.807) is 32.0 Å². The lowest BCUT2D eigenvalue weighted by molar-refractivity contribution is -0.122. The molecule has 1 unspecified atom stereocenters. The fourth-order valence-electron chi connectivity index (χ4n) is 1.95. The van der Waals surface area contributed by atoms with Gasteiger partial charge in [0.15, 0.2) is 6.10 Å². The smallest absolute Gasteiger partial charge is 0.338 e. The summed E-state index contributed by atoms with van der Waals surface area (Å²) < 4.78 is 23.2. The number of nitrogens with one attached hydrogen (secondary N) is 1. The minimum absolute atomic E-state index is 0.276. The molecule has 0 spiro atoms. The monoisotopic (exact) mass is 331 g/mol. The third-order valence-corrected chi connectivity index (χ3v) is 3.14. The van der Waals surface area contributed by atoms with Crippen LogP contribution in [0.1, 0.15) is 24.2 Å². The first-order valence-corrected chi connectivity index (χ1v) is 7.50. The van der Waals surface area contributed by atoms with Gasteiger partial charge in [0.1, 0.15) is 11.6 Å². The third-order valence-electron chi connectivity index (χ3n) is 3.14. The number of benzene rings is 2. The summed E-state index contributed by atoms with van der Waals surface area (Å²) >= 11 is 0. The molecule has 0 aliphatic heterocycles. The van der Waals surface area contributed by atoms with Gasteiger partial charge >= 0.3 is 5.97 Å². The number of rotatable bonds is 6. The van der Waals surface area contributed by atoms with Gasteiger partial charge in [-0.1, -0.05) is 6.07 Å². The highest BCUT2D eigenvalue weighted by molar-refractivity contribution is 5.96. The third kappa shape index (κ3) is 4.81. The number of halogens is 1. The van der Waals surface area contributed by atoms with Gasteiger partial charge < -0.3 is 14.8 Å². The molecule has 2 aromatic rings. The molecule has 0 radical (unpaired) electrons. The first kappa shape index (κ1) is 17.5. The van der Waals surface area contributed by atoms with Crippen LogP contribution in [0.2, 0.25) is 0 Å². The van der Waals surface area contributed by atoms with Crippen LogP contribution < -0.4 is 10.1 Å². The second-order valence-electron chi connectivity index (χ2n) is 5.00. The second-order valence-corrected chi connectivity index (χ2v) is 5.00. The van der Waals surface area contributed by atoms with Crippen molar-refractivity contribution < 1.29 is 23.5 Å². The summed E-state index contributed by atoms with van der Waals surface area (Å²) in [6.07, 6.45) is -0.790. The molecule has 0 saturated carbocycles. The van der Waals surface area contributed by atoms with Crippen molar-refractivity contribution in [3.63, 3.8) is 0 Å². The highest BCUT2D eigenvalue weighted by Gasteiger charge is 2.16. The summed E-state index contributed by atoms with van der Waals surface area (Å²) in [6, 6.07) is 11.8. The predicted molar refractivity (Wildman–Crippen MR) is 87.5 cm³/mol. The number of hydrogen-bond acceptors (Lipinski definition) is 4. The molecule has 0 aliphatic carbocycles. The maximum Gasteiger partial charge on any atom is 0.338 e. The van der Waals surface area contributed by atoms with E-state index in [9.17, 15) is 14.0 Å². The van der Waals surface area contributed by atoms with Crippen LogP contribution in [0.5, 0.6) is 5.75 Å². The zero-order chi connectivity index (χ0) is 17.5. The molecule has 1 atom stereocenters. The van der Waals surface area contributed by atoms with Gasteiger partial charge in [-0.25, -0.2) is 9.18 Å². The number of carbonyl (C=O) groups is 2. The summed E-state index contributed by atoms with van der Waals surface area (Å²) in [5, 5.41) is 2.66. The quantitative estimate of drug-likeness (QED) is 0.824. The fourth-order valence-corrected chi connectivity index (χ4v) is 1.95. The van der Waals surface area contributed by atoms with Gasteiger partial charge in [0.2, 0.25) is 0 Å². The number of carbonyl (C=O) groups excluding carboxylic acids is 2. The minimum atomic E-state index is -0.790. The molecule has 24 heavy (non-hydrogen) atoms. The molecule has 1 amide bonds. The number of esters is 1. The van der Waals surface area contributed by atoms with Gasteiger partial charge in [-0.15, -0.1) is 0 Å². The Morgan fingerprint density at radius 1 is 1.17 bits per heavy atom. The number of amides is 1. The highest BCUT2D eigenvalue weighted by Crippen LogP contribution is 2.15. The van der Waals surface area contributed by atoms with Crippen molar-refractivity contribution in [2.24, 2.45) is 0 Å². The molecule has 2 aromatic carbocycles. The van der Waals surface area contributed by atoms with Gasteiger partial charge in [0.05, 0.1) is 12.2 Å². The summed E-state index contributed by atoms with van der Waals surface area (Å²) in [5.74, 6) is -0.834. The van der Waals surface area contributed by atoms with Crippen molar-refractivity contribution in [2.45, 2.75) is 20.0 Å². The van der Waals surface area contributed by atoms with Crippen molar-refractivity contribution in [2.75, 3.05) is 11.9 Å². The normalized spacial score (nSPS) is 11.5. The van der Waals surface area contributed by atoms with Gasteiger partial charge in [-0.2, -0.15) is 0 Å². The van der Waals surface area contributed by atoms with E-state index in [0.717, 1.165) is 0 Å². The molecule has 0 fully saturated rings. The Kier molecular flexibility index (Phi) is 5.89. The van der Waals surface area contributed by atoms with E-state index in [2.05, 4.69) is 5.32 Å². The Labute approximate surface area is 139 Å². The molecule has 5 nitrogen and oxygen atoms in total. The zero-order valence-electron chi connectivity index (χ0n) is 13.4.